The summed E-state index contributed by atoms with van der Waals surface area (Å²) in [6, 6.07) is 5.33. The molecule has 4 heterocycles. The highest BCUT2D eigenvalue weighted by Gasteiger charge is 2.54. The smallest absolute Gasteiger partial charge is 0.272 e. The molecule has 3 fully saturated rings. The number of nitrogens with one attached hydrogen (secondary N) is 2. The van der Waals surface area contributed by atoms with Crippen LogP contribution in [0.3, 0.4) is 0 Å². The third-order valence-corrected chi connectivity index (χ3v) is 8.31. The van der Waals surface area contributed by atoms with Crippen molar-refractivity contribution in [3.8, 4) is 11.9 Å². The van der Waals surface area contributed by atoms with E-state index < -0.39 is 17.3 Å². The number of pyridine rings is 2. The van der Waals surface area contributed by atoms with Crippen molar-refractivity contribution in [1.82, 2.24) is 20.2 Å². The van der Waals surface area contributed by atoms with Gasteiger partial charge in [-0.15, -0.1) is 0 Å². The Kier molecular flexibility index (Phi) is 7.82. The van der Waals surface area contributed by atoms with Crippen LogP contribution in [-0.2, 0) is 16.1 Å². The third-order valence-electron chi connectivity index (χ3n) is 7.99. The Hall–Kier alpha value is -4.24. The van der Waals surface area contributed by atoms with Crippen molar-refractivity contribution in [2.24, 2.45) is 17.6 Å². The van der Waals surface area contributed by atoms with Gasteiger partial charge in [-0.25, -0.2) is 9.37 Å². The van der Waals surface area contributed by atoms with Gasteiger partial charge in [-0.1, -0.05) is 11.6 Å². The summed E-state index contributed by atoms with van der Waals surface area (Å²) in [5.74, 6) is -1.45. The molecular weight excluding hydrogens is 551 g/mol. The Morgan fingerprint density at radius 2 is 2.10 bits per heavy atom. The molecule has 2 amide bonds. The molecule has 41 heavy (non-hydrogen) atoms. The zero-order valence-electron chi connectivity index (χ0n) is 22.5. The molecule has 1 atom stereocenters. The van der Waals surface area contributed by atoms with E-state index in [-0.39, 0.29) is 47.1 Å². The second-order valence-electron chi connectivity index (χ2n) is 10.7. The number of methoxy groups -OCH3 is 1. The van der Waals surface area contributed by atoms with Gasteiger partial charge in [-0.2, -0.15) is 5.26 Å². The number of nitrogens with two attached hydrogens (primary N) is 1. The molecule has 2 aromatic rings. The van der Waals surface area contributed by atoms with E-state index in [1.807, 2.05) is 4.90 Å². The molecule has 2 aliphatic heterocycles. The number of hydrogen-bond donors (Lipinski definition) is 3. The van der Waals surface area contributed by atoms with Crippen molar-refractivity contribution in [3.05, 3.63) is 52.7 Å². The molecule has 13 heteroatoms. The highest BCUT2D eigenvalue weighted by atomic mass is 35.5. The molecule has 1 aliphatic carbocycles. The molecule has 4 N–H and O–H groups in total. The minimum atomic E-state index is -0.692. The van der Waals surface area contributed by atoms with Crippen molar-refractivity contribution >= 4 is 40.5 Å². The largest absolute Gasteiger partial charge is 0.481 e. The van der Waals surface area contributed by atoms with Crippen LogP contribution in [0.25, 0.3) is 5.70 Å². The second-order valence-corrected chi connectivity index (χ2v) is 11.1. The molecule has 0 bridgehead atoms. The molecule has 0 aromatic carbocycles. The number of piperidine rings is 1. The summed E-state index contributed by atoms with van der Waals surface area (Å²) in [5, 5.41) is 20.7. The number of anilines is 1. The Bertz CT molecular complexity index is 1460. The van der Waals surface area contributed by atoms with Crippen molar-refractivity contribution < 1.29 is 18.7 Å². The minimum Gasteiger partial charge on any atom is -0.481 e. The fourth-order valence-electron chi connectivity index (χ4n) is 5.39. The number of amides is 2. The van der Waals surface area contributed by atoms with Crippen LogP contribution in [0.1, 0.15) is 36.9 Å². The topological polar surface area (TPSA) is 161 Å². The fourth-order valence-corrected chi connectivity index (χ4v) is 5.62. The molecule has 0 unspecified atom stereocenters. The van der Waals surface area contributed by atoms with Gasteiger partial charge in [0.2, 0.25) is 11.8 Å². The third kappa shape index (κ3) is 5.81. The Morgan fingerprint density at radius 1 is 1.34 bits per heavy atom. The summed E-state index contributed by atoms with van der Waals surface area (Å²) < 4.78 is 19.2. The maximum absolute atomic E-state index is 14.2. The van der Waals surface area contributed by atoms with E-state index in [4.69, 9.17) is 32.7 Å². The van der Waals surface area contributed by atoms with Gasteiger partial charge in [0.25, 0.3) is 5.91 Å². The minimum absolute atomic E-state index is 0.0108. The molecule has 1 spiro atoms. The predicted octanol–water partition coefficient (Wildman–Crippen LogP) is 2.64. The molecule has 1 saturated carbocycles. The number of rotatable bonds is 8. The van der Waals surface area contributed by atoms with Crippen LogP contribution in [0.5, 0.6) is 5.88 Å². The van der Waals surface area contributed by atoms with Gasteiger partial charge >= 0.3 is 0 Å². The van der Waals surface area contributed by atoms with Crippen LogP contribution in [0.4, 0.5) is 10.1 Å². The SMILES string of the molecule is COc1cc(/C(N)=C/C(=N)C(=O)N2CC[C@H](C(=O)NCc3ncc(N4CC(C#N)C4)cc3Cl)CC23CC3)c(F)cn1. The van der Waals surface area contributed by atoms with Gasteiger partial charge in [0.1, 0.15) is 5.71 Å². The van der Waals surface area contributed by atoms with Crippen LogP contribution < -0.4 is 20.7 Å². The summed E-state index contributed by atoms with van der Waals surface area (Å²) in [6.07, 6.45) is 6.21. The number of nitrogens with zero attached hydrogens (tertiary/aromatic N) is 5. The average molecular weight is 581 g/mol. The van der Waals surface area contributed by atoms with E-state index in [1.165, 1.54) is 13.2 Å². The van der Waals surface area contributed by atoms with Crippen LogP contribution >= 0.6 is 11.6 Å². The molecule has 11 nitrogen and oxygen atoms in total. The normalized spacial score (nSPS) is 19.8. The summed E-state index contributed by atoms with van der Waals surface area (Å²) in [5.41, 5.74) is 6.47. The first-order valence-electron chi connectivity index (χ1n) is 13.3. The molecule has 5 rings (SSSR count). The van der Waals surface area contributed by atoms with Crippen molar-refractivity contribution in [2.75, 3.05) is 31.6 Å². The highest BCUT2D eigenvalue weighted by Crippen LogP contribution is 2.50. The van der Waals surface area contributed by atoms with Crippen LogP contribution in [0.15, 0.2) is 30.6 Å². The standard InChI is InChI=1S/C28H30ClFN8O3/c1-41-25-7-19(21(30)12-35-25)22(32)8-23(33)27(40)38-5-2-17(9-28(38)3-4-28)26(39)36-13-24-20(29)6-18(11-34-24)37-14-16(10-31)15-37/h6-8,11-12,16-17,33H,2-5,9,13-15,32H2,1H3,(H,36,39)/b22-8-,33-23?/t17-/m0/s1. The van der Waals surface area contributed by atoms with Gasteiger partial charge < -0.3 is 25.6 Å². The number of hydrogen-bond acceptors (Lipinski definition) is 9. The maximum atomic E-state index is 14.2. The number of carbonyl (C=O) groups is 2. The summed E-state index contributed by atoms with van der Waals surface area (Å²) in [6.45, 7) is 1.79. The number of carbonyl (C=O) groups excluding carboxylic acids is 2. The van der Waals surface area contributed by atoms with Gasteiger partial charge in [0, 0.05) is 48.4 Å². The van der Waals surface area contributed by atoms with Gasteiger partial charge in [0.15, 0.2) is 5.82 Å². The summed E-state index contributed by atoms with van der Waals surface area (Å²) >= 11 is 6.42. The number of aromatic nitrogens is 2. The van der Waals surface area contributed by atoms with Crippen molar-refractivity contribution in [1.29, 1.82) is 10.7 Å². The Labute approximate surface area is 241 Å². The van der Waals surface area contributed by atoms with E-state index >= 15 is 0 Å². The lowest BCUT2D eigenvalue weighted by atomic mass is 9.87. The molecule has 3 aliphatic rings. The highest BCUT2D eigenvalue weighted by molar-refractivity contribution is 6.43. The van der Waals surface area contributed by atoms with E-state index in [2.05, 4.69) is 21.4 Å². The quantitative estimate of drug-likeness (QED) is 0.401. The zero-order chi connectivity index (χ0) is 29.3. The summed E-state index contributed by atoms with van der Waals surface area (Å²) in [4.78, 5) is 38.1. The lowest BCUT2D eigenvalue weighted by molar-refractivity contribution is -0.135. The van der Waals surface area contributed by atoms with Crippen LogP contribution in [0, 0.1) is 34.4 Å². The number of halogens is 2. The molecule has 2 saturated heterocycles. The number of nitriles is 1. The first-order chi connectivity index (χ1) is 19.6. The maximum Gasteiger partial charge on any atom is 0.272 e. The van der Waals surface area contributed by atoms with Crippen molar-refractivity contribution in [3.63, 3.8) is 0 Å². The average Bonchev–Trinajstić information content (AvgIpc) is 3.70. The molecule has 2 aromatic heterocycles. The number of ether oxygens (including phenoxy) is 1. The van der Waals surface area contributed by atoms with E-state index in [1.54, 1.807) is 17.2 Å². The summed E-state index contributed by atoms with van der Waals surface area (Å²) in [7, 11) is 1.39. The zero-order valence-corrected chi connectivity index (χ0v) is 23.2. The van der Waals surface area contributed by atoms with Crippen LogP contribution in [-0.4, -0.2) is 64.7 Å². The van der Waals surface area contributed by atoms with Gasteiger partial charge in [-0.3, -0.25) is 20.0 Å². The number of likely N-dealkylation sites (tertiary alicyclic amines) is 1. The van der Waals surface area contributed by atoms with E-state index in [9.17, 15) is 14.0 Å². The second kappa shape index (κ2) is 11.3. The van der Waals surface area contributed by atoms with E-state index in [0.29, 0.717) is 43.2 Å². The van der Waals surface area contributed by atoms with Gasteiger partial charge in [-0.05, 0) is 37.8 Å². The molecular formula is C28H30ClFN8O3. The fraction of sp³-hybridized carbons (Fsp3) is 0.429. The lowest BCUT2D eigenvalue weighted by Crippen LogP contribution is -2.52. The Morgan fingerprint density at radius 3 is 2.76 bits per heavy atom. The Balaban J connectivity index is 1.17. The lowest BCUT2D eigenvalue weighted by Gasteiger charge is -2.39. The van der Waals surface area contributed by atoms with E-state index in [0.717, 1.165) is 30.8 Å². The predicted molar refractivity (Wildman–Crippen MR) is 149 cm³/mol. The molecule has 214 valence electrons. The first-order valence-corrected chi connectivity index (χ1v) is 13.7. The van der Waals surface area contributed by atoms with Crippen LogP contribution in [0.2, 0.25) is 5.02 Å². The molecule has 0 radical (unpaired) electrons. The monoisotopic (exact) mass is 580 g/mol. The first kappa shape index (κ1) is 28.3. The van der Waals surface area contributed by atoms with Crippen molar-refractivity contribution in [2.45, 2.75) is 37.8 Å². The van der Waals surface area contributed by atoms with Gasteiger partial charge in [0.05, 0.1) is 54.4 Å².